The van der Waals surface area contributed by atoms with Crippen LogP contribution in [0.2, 0.25) is 0 Å². The van der Waals surface area contributed by atoms with Gasteiger partial charge in [0, 0.05) is 5.41 Å². The normalized spacial score (nSPS) is 35.8. The maximum Gasteiger partial charge on any atom is 0.306 e. The van der Waals surface area contributed by atoms with E-state index in [0.29, 0.717) is 13.0 Å². The topological polar surface area (TPSA) is 55.7 Å². The van der Waals surface area contributed by atoms with Gasteiger partial charge in [0.1, 0.15) is 0 Å². The third-order valence-corrected chi connectivity index (χ3v) is 4.19. The van der Waals surface area contributed by atoms with Crippen LogP contribution in [0.3, 0.4) is 0 Å². The van der Waals surface area contributed by atoms with Crippen molar-refractivity contribution in [2.75, 3.05) is 13.7 Å². The summed E-state index contributed by atoms with van der Waals surface area (Å²) in [6.45, 7) is 0.429. The Morgan fingerprint density at radius 1 is 1.44 bits per heavy atom. The maximum atomic E-state index is 11.4. The van der Waals surface area contributed by atoms with Gasteiger partial charge in [-0.05, 0) is 37.5 Å². The minimum absolute atomic E-state index is 0.129. The summed E-state index contributed by atoms with van der Waals surface area (Å²) in [7, 11) is 1.41. The Labute approximate surface area is 95.1 Å². The number of esters is 1. The first-order valence-corrected chi connectivity index (χ1v) is 5.79. The molecule has 4 heteroatoms. The van der Waals surface area contributed by atoms with Crippen molar-refractivity contribution in [2.24, 2.45) is 22.2 Å². The highest BCUT2D eigenvalue weighted by Gasteiger charge is 2.50. The molecule has 88 valence electrons. The van der Waals surface area contributed by atoms with Crippen molar-refractivity contribution in [2.45, 2.75) is 32.1 Å². The van der Waals surface area contributed by atoms with E-state index < -0.39 is 0 Å². The molecule has 0 N–H and O–H groups in total. The molecule has 0 bridgehead atoms. The molecule has 2 saturated carbocycles. The largest absolute Gasteiger partial charge is 0.469 e. The Bertz CT molecular complexity index is 321. The minimum atomic E-state index is -0.192. The molecule has 0 aromatic rings. The van der Waals surface area contributed by atoms with E-state index in [9.17, 15) is 9.59 Å². The van der Waals surface area contributed by atoms with Crippen LogP contribution in [0.4, 0.5) is 0 Å². The molecule has 0 saturated heterocycles. The average Bonchev–Trinajstić information content (AvgIpc) is 2.51. The van der Waals surface area contributed by atoms with Crippen molar-refractivity contribution >= 4 is 12.0 Å². The second-order valence-corrected chi connectivity index (χ2v) is 5.17. The SMILES string of the molecule is COC(=O)C[C@@]1(CN=C=O)C[C@H]2CC[C@H]2C1. The fourth-order valence-electron chi connectivity index (χ4n) is 3.28. The first-order chi connectivity index (χ1) is 7.69. The molecule has 0 aliphatic heterocycles. The highest BCUT2D eigenvalue weighted by atomic mass is 16.5. The number of carbonyl (C=O) groups is 1. The van der Waals surface area contributed by atoms with E-state index in [0.717, 1.165) is 24.7 Å². The third-order valence-electron chi connectivity index (χ3n) is 4.19. The van der Waals surface area contributed by atoms with Crippen LogP contribution >= 0.6 is 0 Å². The van der Waals surface area contributed by atoms with Crippen molar-refractivity contribution < 1.29 is 14.3 Å². The smallest absolute Gasteiger partial charge is 0.306 e. The quantitative estimate of drug-likeness (QED) is 0.414. The van der Waals surface area contributed by atoms with E-state index in [-0.39, 0.29) is 11.4 Å². The predicted molar refractivity (Wildman–Crippen MR) is 57.5 cm³/mol. The Kier molecular flexibility index (Phi) is 3.10. The molecule has 2 rings (SSSR count). The van der Waals surface area contributed by atoms with Crippen LogP contribution < -0.4 is 0 Å². The van der Waals surface area contributed by atoms with Crippen LogP contribution in [-0.2, 0) is 14.3 Å². The molecule has 0 heterocycles. The zero-order valence-electron chi connectivity index (χ0n) is 9.57. The molecule has 3 atom stereocenters. The van der Waals surface area contributed by atoms with Gasteiger partial charge in [-0.3, -0.25) is 4.79 Å². The molecule has 0 spiro atoms. The van der Waals surface area contributed by atoms with Crippen LogP contribution in [0.1, 0.15) is 32.1 Å². The predicted octanol–water partition coefficient (Wildman–Crippen LogP) is 1.69. The molecule has 2 aliphatic rings. The molecule has 2 aliphatic carbocycles. The van der Waals surface area contributed by atoms with E-state index in [2.05, 4.69) is 4.99 Å². The number of aliphatic imine (C=N–C) groups is 1. The lowest BCUT2D eigenvalue weighted by molar-refractivity contribution is -0.143. The molecule has 0 aromatic carbocycles. The number of carbonyl (C=O) groups excluding carboxylic acids is 2. The number of hydrogen-bond donors (Lipinski definition) is 0. The Hall–Kier alpha value is -1.15. The lowest BCUT2D eigenvalue weighted by atomic mass is 9.77. The van der Waals surface area contributed by atoms with Gasteiger partial charge in [0.05, 0.1) is 20.1 Å². The first-order valence-electron chi connectivity index (χ1n) is 5.79. The maximum absolute atomic E-state index is 11.4. The summed E-state index contributed by atoms with van der Waals surface area (Å²) in [6, 6.07) is 0. The second-order valence-electron chi connectivity index (χ2n) is 5.17. The van der Waals surface area contributed by atoms with Crippen molar-refractivity contribution in [3.8, 4) is 0 Å². The van der Waals surface area contributed by atoms with Crippen LogP contribution in [0.15, 0.2) is 4.99 Å². The standard InChI is InChI=1S/C12H17NO3/c1-16-11(15)6-12(7-13-8-14)4-9-2-3-10(9)5-12/h9-10H,2-7H2,1H3/t9-,10+,12-. The number of ether oxygens (including phenoxy) is 1. The van der Waals surface area contributed by atoms with Gasteiger partial charge in [0.25, 0.3) is 0 Å². The van der Waals surface area contributed by atoms with E-state index >= 15 is 0 Å². The summed E-state index contributed by atoms with van der Waals surface area (Å²) >= 11 is 0. The molecule has 4 nitrogen and oxygen atoms in total. The van der Waals surface area contributed by atoms with E-state index in [1.807, 2.05) is 0 Å². The monoisotopic (exact) mass is 223 g/mol. The zero-order chi connectivity index (χ0) is 11.6. The van der Waals surface area contributed by atoms with Gasteiger partial charge < -0.3 is 4.74 Å². The van der Waals surface area contributed by atoms with Gasteiger partial charge in [-0.15, -0.1) is 0 Å². The van der Waals surface area contributed by atoms with Crippen molar-refractivity contribution in [3.63, 3.8) is 0 Å². The Morgan fingerprint density at radius 3 is 2.50 bits per heavy atom. The number of nitrogens with zero attached hydrogens (tertiary/aromatic N) is 1. The van der Waals surface area contributed by atoms with Gasteiger partial charge in [0.15, 0.2) is 0 Å². The molecular weight excluding hydrogens is 206 g/mol. The minimum Gasteiger partial charge on any atom is -0.469 e. The van der Waals surface area contributed by atoms with Crippen LogP contribution in [0.25, 0.3) is 0 Å². The highest BCUT2D eigenvalue weighted by molar-refractivity contribution is 5.70. The molecule has 16 heavy (non-hydrogen) atoms. The number of hydrogen-bond acceptors (Lipinski definition) is 4. The number of isocyanates is 1. The van der Waals surface area contributed by atoms with Crippen LogP contribution in [0.5, 0.6) is 0 Å². The summed E-state index contributed by atoms with van der Waals surface area (Å²) in [4.78, 5) is 25.3. The first kappa shape index (κ1) is 11.3. The fourth-order valence-corrected chi connectivity index (χ4v) is 3.28. The average molecular weight is 223 g/mol. The van der Waals surface area contributed by atoms with Crippen LogP contribution in [-0.4, -0.2) is 25.7 Å². The summed E-state index contributed by atoms with van der Waals surface area (Å²) in [5, 5.41) is 0. The van der Waals surface area contributed by atoms with Gasteiger partial charge in [-0.1, -0.05) is 0 Å². The van der Waals surface area contributed by atoms with Gasteiger partial charge in [-0.2, -0.15) is 0 Å². The lowest BCUT2D eigenvalue weighted by Crippen LogP contribution is -2.25. The molecule has 0 amide bonds. The third kappa shape index (κ3) is 2.03. The van der Waals surface area contributed by atoms with E-state index in [1.54, 1.807) is 6.08 Å². The summed E-state index contributed by atoms with van der Waals surface area (Å²) in [5.74, 6) is 1.29. The fraction of sp³-hybridized carbons (Fsp3) is 0.833. The number of rotatable bonds is 4. The lowest BCUT2D eigenvalue weighted by Gasteiger charge is -2.29. The van der Waals surface area contributed by atoms with Crippen molar-refractivity contribution in [1.29, 1.82) is 0 Å². The van der Waals surface area contributed by atoms with Crippen molar-refractivity contribution in [1.82, 2.24) is 0 Å². The van der Waals surface area contributed by atoms with E-state index in [4.69, 9.17) is 4.74 Å². The molecule has 0 radical (unpaired) electrons. The van der Waals surface area contributed by atoms with Gasteiger partial charge in [0.2, 0.25) is 6.08 Å². The number of fused-ring (bicyclic) bond motifs is 1. The molecule has 2 fully saturated rings. The molecular formula is C12H17NO3. The summed E-state index contributed by atoms with van der Waals surface area (Å²) in [5.41, 5.74) is -0.129. The summed E-state index contributed by atoms with van der Waals surface area (Å²) < 4.78 is 4.73. The highest BCUT2D eigenvalue weighted by Crippen LogP contribution is 2.56. The van der Waals surface area contributed by atoms with Crippen molar-refractivity contribution in [3.05, 3.63) is 0 Å². The van der Waals surface area contributed by atoms with Crippen LogP contribution in [0, 0.1) is 17.3 Å². The van der Waals surface area contributed by atoms with E-state index in [1.165, 1.54) is 20.0 Å². The van der Waals surface area contributed by atoms with Gasteiger partial charge >= 0.3 is 5.97 Å². The zero-order valence-corrected chi connectivity index (χ0v) is 9.57. The number of methoxy groups -OCH3 is 1. The summed E-state index contributed by atoms with van der Waals surface area (Å²) in [6.07, 6.45) is 6.52. The Balaban J connectivity index is 2.06. The Morgan fingerprint density at radius 2 is 2.06 bits per heavy atom. The van der Waals surface area contributed by atoms with Gasteiger partial charge in [-0.25, -0.2) is 9.79 Å². The second kappa shape index (κ2) is 4.38. The molecule has 0 aromatic heterocycles. The molecule has 0 unspecified atom stereocenters.